The highest BCUT2D eigenvalue weighted by Gasteiger charge is 2.22. The number of benzene rings is 1. The summed E-state index contributed by atoms with van der Waals surface area (Å²) in [6.45, 7) is 4.03. The molecule has 1 aliphatic rings. The molecular formula is C15H18N4. The highest BCUT2D eigenvalue weighted by molar-refractivity contribution is 5.80. The van der Waals surface area contributed by atoms with Crippen LogP contribution in [0.1, 0.15) is 18.0 Å². The van der Waals surface area contributed by atoms with Crippen LogP contribution in [0.5, 0.6) is 0 Å². The van der Waals surface area contributed by atoms with E-state index in [1.54, 1.807) is 0 Å². The topological polar surface area (TPSA) is 54.9 Å². The molecule has 1 saturated heterocycles. The van der Waals surface area contributed by atoms with E-state index < -0.39 is 0 Å². The maximum atomic E-state index is 9.10. The van der Waals surface area contributed by atoms with E-state index in [2.05, 4.69) is 45.5 Å². The zero-order valence-corrected chi connectivity index (χ0v) is 10.9. The van der Waals surface area contributed by atoms with Crippen molar-refractivity contribution in [2.24, 2.45) is 0 Å². The van der Waals surface area contributed by atoms with Gasteiger partial charge >= 0.3 is 0 Å². The van der Waals surface area contributed by atoms with E-state index in [4.69, 9.17) is 5.26 Å². The average Bonchev–Trinajstić information content (AvgIpc) is 2.93. The normalized spacial score (nSPS) is 18.3. The zero-order valence-electron chi connectivity index (χ0n) is 10.9. The number of fused-ring (bicyclic) bond motifs is 1. The van der Waals surface area contributed by atoms with Crippen molar-refractivity contribution in [2.75, 3.05) is 26.2 Å². The van der Waals surface area contributed by atoms with Crippen LogP contribution in [0, 0.1) is 11.3 Å². The summed E-state index contributed by atoms with van der Waals surface area (Å²) < 4.78 is 0. The van der Waals surface area contributed by atoms with Crippen molar-refractivity contribution in [1.82, 2.24) is 15.2 Å². The van der Waals surface area contributed by atoms with Crippen LogP contribution in [0.3, 0.4) is 0 Å². The molecule has 1 aromatic carbocycles. The molecule has 0 unspecified atom stereocenters. The molecule has 0 aliphatic carbocycles. The first-order chi connectivity index (χ1) is 9.38. The van der Waals surface area contributed by atoms with Gasteiger partial charge in [0, 0.05) is 43.9 Å². The molecule has 2 heterocycles. The molecule has 0 bridgehead atoms. The van der Waals surface area contributed by atoms with Crippen LogP contribution < -0.4 is 5.32 Å². The van der Waals surface area contributed by atoms with E-state index in [0.717, 1.165) is 31.7 Å². The second-order valence-corrected chi connectivity index (χ2v) is 4.99. The number of aromatic amines is 1. The summed E-state index contributed by atoms with van der Waals surface area (Å²) in [4.78, 5) is 5.65. The third-order valence-corrected chi connectivity index (χ3v) is 3.84. The Kier molecular flexibility index (Phi) is 3.49. The fourth-order valence-corrected chi connectivity index (χ4v) is 2.81. The summed E-state index contributed by atoms with van der Waals surface area (Å²) in [6.07, 6.45) is 2.50. The van der Waals surface area contributed by atoms with Crippen LogP contribution in [-0.4, -0.2) is 36.1 Å². The van der Waals surface area contributed by atoms with E-state index in [9.17, 15) is 0 Å². The fourth-order valence-electron chi connectivity index (χ4n) is 2.81. The van der Waals surface area contributed by atoms with Gasteiger partial charge in [0.15, 0.2) is 0 Å². The number of H-pyrrole nitrogens is 1. The molecule has 2 aromatic rings. The fraction of sp³-hybridized carbons (Fsp3) is 0.400. The summed E-state index contributed by atoms with van der Waals surface area (Å²) in [5.74, 6) is 0. The number of nitriles is 1. The Hall–Kier alpha value is -1.83. The predicted molar refractivity (Wildman–Crippen MR) is 75.7 cm³/mol. The SMILES string of the molecule is N#CC[C@@H](c1ccc2cc[nH]c2c1)N1CCNCC1. The van der Waals surface area contributed by atoms with Crippen molar-refractivity contribution in [3.63, 3.8) is 0 Å². The maximum Gasteiger partial charge on any atom is 0.0641 e. The van der Waals surface area contributed by atoms with E-state index in [1.807, 2.05) is 6.20 Å². The summed E-state index contributed by atoms with van der Waals surface area (Å²) in [7, 11) is 0. The molecule has 1 atom stereocenters. The molecule has 0 amide bonds. The lowest BCUT2D eigenvalue weighted by Crippen LogP contribution is -2.45. The minimum atomic E-state index is 0.208. The van der Waals surface area contributed by atoms with Crippen LogP contribution in [0.15, 0.2) is 30.5 Å². The van der Waals surface area contributed by atoms with Crippen LogP contribution in [0.4, 0.5) is 0 Å². The van der Waals surface area contributed by atoms with Crippen LogP contribution in [0.2, 0.25) is 0 Å². The molecule has 1 aromatic heterocycles. The largest absolute Gasteiger partial charge is 0.361 e. The second kappa shape index (κ2) is 5.43. The van der Waals surface area contributed by atoms with Gasteiger partial charge < -0.3 is 10.3 Å². The molecule has 19 heavy (non-hydrogen) atoms. The van der Waals surface area contributed by atoms with Gasteiger partial charge in [-0.3, -0.25) is 4.90 Å². The zero-order chi connectivity index (χ0) is 13.1. The van der Waals surface area contributed by atoms with E-state index >= 15 is 0 Å². The standard InChI is InChI=1S/C15H18N4/c16-5-3-15(19-9-7-17-8-10-19)13-2-1-12-4-6-18-14(12)11-13/h1-2,4,6,11,15,17-18H,3,7-10H2/t15-/m0/s1. The van der Waals surface area contributed by atoms with Crippen molar-refractivity contribution >= 4 is 10.9 Å². The molecular weight excluding hydrogens is 236 g/mol. The van der Waals surface area contributed by atoms with Crippen LogP contribution >= 0.6 is 0 Å². The Morgan fingerprint density at radius 1 is 1.26 bits per heavy atom. The summed E-state index contributed by atoms with van der Waals surface area (Å²) in [6, 6.07) is 11.1. The van der Waals surface area contributed by atoms with Gasteiger partial charge in [-0.15, -0.1) is 0 Å². The number of aromatic nitrogens is 1. The highest BCUT2D eigenvalue weighted by atomic mass is 15.2. The number of nitrogens with zero attached hydrogens (tertiary/aromatic N) is 2. The molecule has 0 saturated carbocycles. The summed E-state index contributed by atoms with van der Waals surface area (Å²) >= 11 is 0. The van der Waals surface area contributed by atoms with Gasteiger partial charge in [-0.2, -0.15) is 5.26 Å². The molecule has 1 fully saturated rings. The minimum absolute atomic E-state index is 0.208. The van der Waals surface area contributed by atoms with Crippen LogP contribution in [0.25, 0.3) is 10.9 Å². The van der Waals surface area contributed by atoms with Gasteiger partial charge in [-0.25, -0.2) is 0 Å². The second-order valence-electron chi connectivity index (χ2n) is 4.99. The third kappa shape index (κ3) is 2.48. The summed E-state index contributed by atoms with van der Waals surface area (Å²) in [5.41, 5.74) is 2.38. The van der Waals surface area contributed by atoms with Crippen molar-refractivity contribution in [3.8, 4) is 6.07 Å². The number of nitrogens with one attached hydrogen (secondary N) is 2. The van der Waals surface area contributed by atoms with Crippen LogP contribution in [-0.2, 0) is 0 Å². The van der Waals surface area contributed by atoms with Crippen molar-refractivity contribution in [3.05, 3.63) is 36.0 Å². The predicted octanol–water partition coefficient (Wildman–Crippen LogP) is 2.03. The molecule has 0 spiro atoms. The monoisotopic (exact) mass is 254 g/mol. The molecule has 0 radical (unpaired) electrons. The Balaban J connectivity index is 1.91. The minimum Gasteiger partial charge on any atom is -0.361 e. The number of rotatable bonds is 3. The van der Waals surface area contributed by atoms with E-state index in [1.165, 1.54) is 10.9 Å². The lowest BCUT2D eigenvalue weighted by atomic mass is 10.0. The molecule has 4 nitrogen and oxygen atoms in total. The molecule has 1 aliphatic heterocycles. The lowest BCUT2D eigenvalue weighted by Gasteiger charge is -2.34. The van der Waals surface area contributed by atoms with Gasteiger partial charge in [-0.05, 0) is 23.1 Å². The highest BCUT2D eigenvalue weighted by Crippen LogP contribution is 2.27. The quantitative estimate of drug-likeness (QED) is 0.881. The molecule has 98 valence electrons. The van der Waals surface area contributed by atoms with Crippen molar-refractivity contribution in [2.45, 2.75) is 12.5 Å². The molecule has 4 heteroatoms. The Bertz CT molecular complexity index is 589. The lowest BCUT2D eigenvalue weighted by molar-refractivity contribution is 0.176. The Labute approximate surface area is 113 Å². The first-order valence-electron chi connectivity index (χ1n) is 6.77. The first-order valence-corrected chi connectivity index (χ1v) is 6.77. The molecule has 3 rings (SSSR count). The van der Waals surface area contributed by atoms with E-state index in [0.29, 0.717) is 6.42 Å². The molecule has 2 N–H and O–H groups in total. The van der Waals surface area contributed by atoms with Gasteiger partial charge in [-0.1, -0.05) is 12.1 Å². The number of piperazine rings is 1. The average molecular weight is 254 g/mol. The van der Waals surface area contributed by atoms with Crippen molar-refractivity contribution in [1.29, 1.82) is 5.26 Å². The first kappa shape index (κ1) is 12.2. The summed E-state index contributed by atoms with van der Waals surface area (Å²) in [5, 5.41) is 13.7. The van der Waals surface area contributed by atoms with Gasteiger partial charge in [0.1, 0.15) is 0 Å². The number of hydrogen-bond acceptors (Lipinski definition) is 3. The third-order valence-electron chi connectivity index (χ3n) is 3.84. The Morgan fingerprint density at radius 3 is 2.89 bits per heavy atom. The van der Waals surface area contributed by atoms with Gasteiger partial charge in [0.05, 0.1) is 12.5 Å². The Morgan fingerprint density at radius 2 is 2.11 bits per heavy atom. The smallest absolute Gasteiger partial charge is 0.0641 e. The van der Waals surface area contributed by atoms with Gasteiger partial charge in [0.25, 0.3) is 0 Å². The van der Waals surface area contributed by atoms with Crippen molar-refractivity contribution < 1.29 is 0 Å². The van der Waals surface area contributed by atoms with E-state index in [-0.39, 0.29) is 6.04 Å². The maximum absolute atomic E-state index is 9.10. The number of hydrogen-bond donors (Lipinski definition) is 2. The van der Waals surface area contributed by atoms with Gasteiger partial charge in [0.2, 0.25) is 0 Å².